The molecule has 2 heterocycles. The Hall–Kier alpha value is -2.74. The van der Waals surface area contributed by atoms with Crippen molar-refractivity contribution in [1.82, 2.24) is 10.2 Å². The maximum absolute atomic E-state index is 13.6. The summed E-state index contributed by atoms with van der Waals surface area (Å²) in [5.41, 5.74) is 0.897. The fraction of sp³-hybridized carbons (Fsp3) is 0.643. The van der Waals surface area contributed by atoms with E-state index in [1.54, 1.807) is 18.7 Å². The molecule has 6 atom stereocenters. The van der Waals surface area contributed by atoms with Crippen LogP contribution in [0.4, 0.5) is 0 Å². The number of benzene rings is 1. The molecule has 2 aliphatic rings. The van der Waals surface area contributed by atoms with Crippen LogP contribution in [0, 0.1) is 11.8 Å². The number of aliphatic hydroxyl groups is 1. The van der Waals surface area contributed by atoms with Crippen molar-refractivity contribution in [2.75, 3.05) is 6.54 Å². The van der Waals surface area contributed by atoms with E-state index in [-0.39, 0.29) is 24.0 Å². The van der Waals surface area contributed by atoms with Crippen LogP contribution in [-0.2, 0) is 30.3 Å². The first-order chi connectivity index (χ1) is 17.2. The zero-order valence-corrected chi connectivity index (χ0v) is 21.7. The molecule has 2 saturated heterocycles. The van der Waals surface area contributed by atoms with Crippen molar-refractivity contribution < 1.29 is 29.0 Å². The third-order valence-corrected chi connectivity index (χ3v) is 7.51. The van der Waals surface area contributed by atoms with E-state index < -0.39 is 42.1 Å². The van der Waals surface area contributed by atoms with Crippen LogP contribution >= 0.6 is 0 Å². The Kier molecular flexibility index (Phi) is 10.0. The number of esters is 1. The summed E-state index contributed by atoms with van der Waals surface area (Å²) in [5, 5.41) is 13.8. The van der Waals surface area contributed by atoms with Gasteiger partial charge < -0.3 is 24.9 Å². The number of unbranched alkanes of at least 4 members (excludes halogenated alkanes) is 1. The average molecular weight is 501 g/mol. The van der Waals surface area contributed by atoms with Crippen LogP contribution in [0.1, 0.15) is 71.3 Å². The molecule has 0 spiro atoms. The minimum absolute atomic E-state index is 0.0647. The lowest BCUT2D eigenvalue weighted by Crippen LogP contribution is -2.55. The second kappa shape index (κ2) is 13.0. The molecule has 36 heavy (non-hydrogen) atoms. The van der Waals surface area contributed by atoms with Gasteiger partial charge in [-0.1, -0.05) is 50.6 Å². The molecule has 0 unspecified atom stereocenters. The van der Waals surface area contributed by atoms with Crippen LogP contribution in [0.2, 0.25) is 0 Å². The molecule has 0 bridgehead atoms. The molecule has 8 nitrogen and oxygen atoms in total. The van der Waals surface area contributed by atoms with Gasteiger partial charge in [-0.25, -0.2) is 4.79 Å². The maximum atomic E-state index is 13.6. The van der Waals surface area contributed by atoms with Crippen molar-refractivity contribution in [1.29, 1.82) is 0 Å². The molecule has 0 radical (unpaired) electrons. The van der Waals surface area contributed by atoms with Gasteiger partial charge in [-0.2, -0.15) is 0 Å². The number of nitrogens with zero attached hydrogens (tertiary/aromatic N) is 1. The molecule has 1 aromatic rings. The van der Waals surface area contributed by atoms with E-state index in [0.29, 0.717) is 32.2 Å². The number of rotatable bonds is 8. The fourth-order valence-corrected chi connectivity index (χ4v) is 5.10. The van der Waals surface area contributed by atoms with Crippen LogP contribution in [0.25, 0.3) is 0 Å². The van der Waals surface area contributed by atoms with E-state index in [4.69, 9.17) is 4.74 Å². The van der Waals surface area contributed by atoms with E-state index in [1.165, 1.54) is 0 Å². The predicted octanol–water partition coefficient (Wildman–Crippen LogP) is 2.80. The van der Waals surface area contributed by atoms with Gasteiger partial charge in [-0.3, -0.25) is 9.59 Å². The Morgan fingerprint density at radius 3 is 2.61 bits per heavy atom. The lowest BCUT2D eigenvalue weighted by Gasteiger charge is -2.34. The third-order valence-electron chi connectivity index (χ3n) is 7.51. The van der Waals surface area contributed by atoms with Crippen molar-refractivity contribution in [3.8, 4) is 0 Å². The molecular formula is C28H40N2O6. The number of hydrogen-bond donors (Lipinski definition) is 2. The Morgan fingerprint density at radius 1 is 1.19 bits per heavy atom. The highest BCUT2D eigenvalue weighted by Gasteiger charge is 2.41. The quantitative estimate of drug-likeness (QED) is 0.419. The number of aliphatic hydroxyl groups excluding tert-OH is 1. The summed E-state index contributed by atoms with van der Waals surface area (Å²) in [5.74, 6) is -1.85. The second-order valence-corrected chi connectivity index (χ2v) is 10.4. The third kappa shape index (κ3) is 7.38. The number of Topliss-reactive ketones (excluding diaryl/α,β-unsaturated/α-hetero) is 1. The highest BCUT2D eigenvalue weighted by Crippen LogP contribution is 2.27. The predicted molar refractivity (Wildman–Crippen MR) is 135 cm³/mol. The SMILES string of the molecule is CC(=O)CCCC[C@H](C)[C@H]1C[C@H](O)[C@@H](C)C(=O)N[C@H](Cc2ccccc2)C(=O)N2CCC[C@H]2C(=O)O1. The number of nitrogens with one attached hydrogen (secondary N) is 1. The molecule has 8 heteroatoms. The smallest absolute Gasteiger partial charge is 0.329 e. The normalized spacial score (nSPS) is 28.4. The molecule has 0 saturated carbocycles. The van der Waals surface area contributed by atoms with Crippen LogP contribution in [0.15, 0.2) is 30.3 Å². The minimum atomic E-state index is -1.03. The van der Waals surface area contributed by atoms with Gasteiger partial charge in [0.2, 0.25) is 11.8 Å². The molecule has 0 aliphatic carbocycles. The summed E-state index contributed by atoms with van der Waals surface area (Å²) in [6.07, 6.45) is 2.81. The zero-order chi connectivity index (χ0) is 26.2. The highest BCUT2D eigenvalue weighted by atomic mass is 16.5. The lowest BCUT2D eigenvalue weighted by molar-refractivity contribution is -0.163. The molecule has 2 aliphatic heterocycles. The van der Waals surface area contributed by atoms with Gasteiger partial charge in [0.25, 0.3) is 0 Å². The second-order valence-electron chi connectivity index (χ2n) is 10.4. The van der Waals surface area contributed by atoms with Gasteiger partial charge in [-0.15, -0.1) is 0 Å². The maximum Gasteiger partial charge on any atom is 0.329 e. The van der Waals surface area contributed by atoms with E-state index in [1.807, 2.05) is 37.3 Å². The molecule has 3 rings (SSSR count). The molecule has 0 aromatic heterocycles. The molecule has 1 aromatic carbocycles. The zero-order valence-electron chi connectivity index (χ0n) is 21.7. The summed E-state index contributed by atoms with van der Waals surface area (Å²) >= 11 is 0. The number of ketones is 1. The van der Waals surface area contributed by atoms with Crippen LogP contribution in [0.3, 0.4) is 0 Å². The summed E-state index contributed by atoms with van der Waals surface area (Å²) in [4.78, 5) is 52.8. The number of amides is 2. The van der Waals surface area contributed by atoms with E-state index in [0.717, 1.165) is 24.8 Å². The van der Waals surface area contributed by atoms with Crippen LogP contribution in [-0.4, -0.2) is 64.4 Å². The van der Waals surface area contributed by atoms with Crippen LogP contribution in [0.5, 0.6) is 0 Å². The molecule has 2 amide bonds. The summed E-state index contributed by atoms with van der Waals surface area (Å²) in [6, 6.07) is 7.89. The Balaban J connectivity index is 1.81. The van der Waals surface area contributed by atoms with Gasteiger partial charge in [0.15, 0.2) is 0 Å². The molecular weight excluding hydrogens is 460 g/mol. The highest BCUT2D eigenvalue weighted by molar-refractivity contribution is 5.92. The van der Waals surface area contributed by atoms with Gasteiger partial charge in [-0.05, 0) is 44.1 Å². The fourth-order valence-electron chi connectivity index (χ4n) is 5.10. The number of hydrogen-bond acceptors (Lipinski definition) is 6. The molecule has 198 valence electrons. The number of fused-ring (bicyclic) bond motifs is 1. The topological polar surface area (TPSA) is 113 Å². The summed E-state index contributed by atoms with van der Waals surface area (Å²) in [6.45, 7) is 5.59. The first kappa shape index (κ1) is 27.8. The van der Waals surface area contributed by atoms with Gasteiger partial charge >= 0.3 is 5.97 Å². The van der Waals surface area contributed by atoms with E-state index in [9.17, 15) is 24.3 Å². The minimum Gasteiger partial charge on any atom is -0.460 e. The van der Waals surface area contributed by atoms with Gasteiger partial charge in [0, 0.05) is 25.8 Å². The molecule has 2 fully saturated rings. The average Bonchev–Trinajstić information content (AvgIpc) is 3.34. The first-order valence-corrected chi connectivity index (χ1v) is 13.2. The van der Waals surface area contributed by atoms with E-state index in [2.05, 4.69) is 5.32 Å². The van der Waals surface area contributed by atoms with Crippen molar-refractivity contribution in [2.45, 2.75) is 96.4 Å². The standard InChI is InChI=1S/C28H40N2O6/c1-18(10-7-8-11-19(2)31)25-17-24(32)20(3)26(33)29-22(16-21-12-5-4-6-13-21)27(34)30-15-9-14-23(30)28(35)36-25/h4-6,12-13,18,20,22-25,32H,7-11,14-17H2,1-3H3,(H,29,33)/t18-,20+,22+,23-,24-,25+/m0/s1. The Labute approximate surface area is 213 Å². The number of cyclic esters (lactones) is 1. The van der Waals surface area contributed by atoms with Crippen molar-refractivity contribution in [2.24, 2.45) is 11.8 Å². The number of carbonyl (C=O) groups excluding carboxylic acids is 4. The lowest BCUT2D eigenvalue weighted by atomic mass is 9.89. The summed E-state index contributed by atoms with van der Waals surface area (Å²) < 4.78 is 5.94. The van der Waals surface area contributed by atoms with Gasteiger partial charge in [0.05, 0.1) is 12.0 Å². The monoisotopic (exact) mass is 500 g/mol. The van der Waals surface area contributed by atoms with E-state index >= 15 is 0 Å². The summed E-state index contributed by atoms with van der Waals surface area (Å²) in [7, 11) is 0. The Bertz CT molecular complexity index is 920. The van der Waals surface area contributed by atoms with Crippen molar-refractivity contribution in [3.05, 3.63) is 35.9 Å². The Morgan fingerprint density at radius 2 is 1.92 bits per heavy atom. The first-order valence-electron chi connectivity index (χ1n) is 13.2. The van der Waals surface area contributed by atoms with Crippen LogP contribution < -0.4 is 5.32 Å². The van der Waals surface area contributed by atoms with Gasteiger partial charge in [0.1, 0.15) is 24.0 Å². The van der Waals surface area contributed by atoms with Crippen molar-refractivity contribution in [3.63, 3.8) is 0 Å². The largest absolute Gasteiger partial charge is 0.460 e. The number of carbonyl (C=O) groups is 4. The van der Waals surface area contributed by atoms with Crippen molar-refractivity contribution >= 4 is 23.6 Å². The number of ether oxygens (including phenoxy) is 1. The molecule has 2 N–H and O–H groups in total.